The van der Waals surface area contributed by atoms with Gasteiger partial charge in [0.25, 0.3) is 0 Å². The number of rotatable bonds is 0. The average molecular weight is 141 g/mol. The first kappa shape index (κ1) is 57.7. The average Bonchev–Trinajstić information content (AvgIpc) is 1.00. The fraction of sp³-hybridized carbons (Fsp3) is 0. The Kier molecular flexibility index (Phi) is 1150. The number of hydrogen-bond acceptors (Lipinski definition) is 2. The van der Waals surface area contributed by atoms with E-state index in [9.17, 15) is 0 Å². The minimum atomic E-state index is 0. The van der Waals surface area contributed by atoms with E-state index in [0.717, 1.165) is 0 Å². The summed E-state index contributed by atoms with van der Waals surface area (Å²) in [7, 11) is 0. The van der Waals surface area contributed by atoms with Crippen LogP contribution in [0.3, 0.4) is 0 Å². The maximum Gasteiger partial charge on any atom is 2.00 e. The van der Waals surface area contributed by atoms with Crippen LogP contribution in [0, 0.1) is 0 Å². The third-order valence-electron chi connectivity index (χ3n) is 0. The molecule has 0 aromatic rings. The Hall–Kier alpha value is 1.18. The molecule has 0 aliphatic carbocycles. The zero-order valence-electron chi connectivity index (χ0n) is 4.18. The Morgan fingerprint density at radius 3 is 0.833 bits per heavy atom. The van der Waals surface area contributed by atoms with Gasteiger partial charge in [0.2, 0.25) is 0 Å². The van der Waals surface area contributed by atoms with Crippen molar-refractivity contribution in [2.24, 2.45) is 0 Å². The summed E-state index contributed by atoms with van der Waals surface area (Å²) in [5, 5.41) is 0. The standard InChI is InChI=1S/C2H4.Fe.2H3N.Na/c1-2;;;;/h1-2H2;;2*1H3;/q;+2;;;+1. The Morgan fingerprint density at radius 2 is 0.833 bits per heavy atom. The number of hydrogen-bond donors (Lipinski definition) is 2. The van der Waals surface area contributed by atoms with E-state index < -0.39 is 0 Å². The van der Waals surface area contributed by atoms with E-state index >= 15 is 0 Å². The molecule has 0 rings (SSSR count). The van der Waals surface area contributed by atoms with Crippen molar-refractivity contribution in [3.63, 3.8) is 0 Å². The fourth-order valence-electron chi connectivity index (χ4n) is 0. The van der Waals surface area contributed by atoms with Crippen molar-refractivity contribution in [2.45, 2.75) is 0 Å². The van der Waals surface area contributed by atoms with E-state index in [1.54, 1.807) is 0 Å². The first-order chi connectivity index (χ1) is 1.00. The van der Waals surface area contributed by atoms with Crippen molar-refractivity contribution >= 4 is 0 Å². The molecular formula is C2H10FeN2Na+3. The van der Waals surface area contributed by atoms with Gasteiger partial charge in [-0.1, -0.05) is 0 Å². The van der Waals surface area contributed by atoms with Crippen LogP contribution < -0.4 is 41.9 Å². The zero-order chi connectivity index (χ0) is 2.00. The molecule has 6 heavy (non-hydrogen) atoms. The summed E-state index contributed by atoms with van der Waals surface area (Å²) in [6.45, 7) is 6.00. The van der Waals surface area contributed by atoms with Gasteiger partial charge in [0.1, 0.15) is 0 Å². The topological polar surface area (TPSA) is 70.0 Å². The zero-order valence-corrected chi connectivity index (χ0v) is 7.29. The van der Waals surface area contributed by atoms with Gasteiger partial charge in [-0.05, 0) is 0 Å². The van der Waals surface area contributed by atoms with E-state index in [0.29, 0.717) is 0 Å². The van der Waals surface area contributed by atoms with Crippen molar-refractivity contribution < 1.29 is 46.6 Å². The van der Waals surface area contributed by atoms with Crippen LogP contribution in [-0.4, -0.2) is 0 Å². The van der Waals surface area contributed by atoms with Crippen LogP contribution in [0.2, 0.25) is 0 Å². The first-order valence-electron chi connectivity index (χ1n) is 0.500. The first-order valence-corrected chi connectivity index (χ1v) is 0.500. The maximum absolute atomic E-state index is 3.00. The van der Waals surface area contributed by atoms with Gasteiger partial charge in [-0.25, -0.2) is 0 Å². The van der Waals surface area contributed by atoms with Gasteiger partial charge in [0.05, 0.1) is 0 Å². The van der Waals surface area contributed by atoms with E-state index in [4.69, 9.17) is 0 Å². The van der Waals surface area contributed by atoms with Gasteiger partial charge in [-0.15, -0.1) is 13.2 Å². The molecule has 4 heteroatoms. The summed E-state index contributed by atoms with van der Waals surface area (Å²) < 4.78 is 0. The molecule has 2 nitrogen and oxygen atoms in total. The summed E-state index contributed by atoms with van der Waals surface area (Å²) in [4.78, 5) is 0. The molecule has 0 heterocycles. The Balaban J connectivity index is -0.000000000833. The quantitative estimate of drug-likeness (QED) is 0.306. The van der Waals surface area contributed by atoms with Crippen LogP contribution in [0.25, 0.3) is 0 Å². The van der Waals surface area contributed by atoms with Crippen LogP contribution in [0.1, 0.15) is 0 Å². The van der Waals surface area contributed by atoms with Crippen molar-refractivity contribution in [1.82, 2.24) is 12.3 Å². The Bertz CT molecular complexity index is 11.5. The molecular weight excluding hydrogens is 131 g/mol. The minimum Gasteiger partial charge on any atom is -0.344 e. The van der Waals surface area contributed by atoms with E-state index in [1.165, 1.54) is 0 Å². The summed E-state index contributed by atoms with van der Waals surface area (Å²) in [5.41, 5.74) is 0. The van der Waals surface area contributed by atoms with Gasteiger partial charge in [0.15, 0.2) is 0 Å². The van der Waals surface area contributed by atoms with Crippen LogP contribution in [0.5, 0.6) is 0 Å². The molecule has 0 aromatic heterocycles. The molecule has 0 fully saturated rings. The predicted octanol–water partition coefficient (Wildman–Crippen LogP) is -1.87. The smallest absolute Gasteiger partial charge is 0.344 e. The summed E-state index contributed by atoms with van der Waals surface area (Å²) in [5.74, 6) is 0. The molecule has 0 saturated carbocycles. The molecule has 0 unspecified atom stereocenters. The van der Waals surface area contributed by atoms with Crippen molar-refractivity contribution in [3.8, 4) is 0 Å². The molecule has 0 aliphatic rings. The van der Waals surface area contributed by atoms with Gasteiger partial charge in [-0.3, -0.25) is 0 Å². The van der Waals surface area contributed by atoms with E-state index in [2.05, 4.69) is 13.2 Å². The molecule has 0 spiro atoms. The monoisotopic (exact) mass is 141 g/mol. The van der Waals surface area contributed by atoms with Crippen LogP contribution in [0.4, 0.5) is 0 Å². The van der Waals surface area contributed by atoms with Crippen molar-refractivity contribution in [1.29, 1.82) is 0 Å². The van der Waals surface area contributed by atoms with Gasteiger partial charge < -0.3 is 12.3 Å². The van der Waals surface area contributed by atoms with Crippen LogP contribution in [0.15, 0.2) is 13.2 Å². The third kappa shape index (κ3) is 65.0. The summed E-state index contributed by atoms with van der Waals surface area (Å²) >= 11 is 0. The summed E-state index contributed by atoms with van der Waals surface area (Å²) in [6, 6.07) is 0. The molecule has 0 aliphatic heterocycles. The van der Waals surface area contributed by atoms with Gasteiger partial charge >= 0.3 is 46.6 Å². The van der Waals surface area contributed by atoms with Crippen LogP contribution in [-0.2, 0) is 17.1 Å². The van der Waals surface area contributed by atoms with Gasteiger partial charge in [0, 0.05) is 0 Å². The molecule has 6 N–H and O–H groups in total. The second-order valence-electron chi connectivity index (χ2n) is 0. The van der Waals surface area contributed by atoms with Crippen molar-refractivity contribution in [3.05, 3.63) is 13.2 Å². The molecule has 0 saturated heterocycles. The Labute approximate surface area is 71.7 Å². The van der Waals surface area contributed by atoms with E-state index in [1.807, 2.05) is 0 Å². The molecule has 34 valence electrons. The largest absolute Gasteiger partial charge is 2.00 e. The van der Waals surface area contributed by atoms with Gasteiger partial charge in [-0.2, -0.15) is 0 Å². The van der Waals surface area contributed by atoms with Crippen molar-refractivity contribution in [2.75, 3.05) is 0 Å². The van der Waals surface area contributed by atoms with E-state index in [-0.39, 0.29) is 58.9 Å². The molecule has 0 bridgehead atoms. The molecule has 0 aromatic carbocycles. The Morgan fingerprint density at radius 1 is 0.833 bits per heavy atom. The minimum absolute atomic E-state index is 0. The van der Waals surface area contributed by atoms with Crippen LogP contribution >= 0.6 is 0 Å². The SMILES string of the molecule is C=C.N.N.[Fe+2].[Na+]. The molecule has 0 amide bonds. The summed E-state index contributed by atoms with van der Waals surface area (Å²) in [6.07, 6.45) is 0. The predicted molar refractivity (Wildman–Crippen MR) is 21.3 cm³/mol. The fourth-order valence-corrected chi connectivity index (χ4v) is 0. The maximum atomic E-state index is 3.00. The molecule has 0 atom stereocenters. The second-order valence-corrected chi connectivity index (χ2v) is 0. The molecule has 0 radical (unpaired) electrons. The second kappa shape index (κ2) is 119. The third-order valence-corrected chi connectivity index (χ3v) is 0. The normalized spacial score (nSPS) is 0.667.